The Morgan fingerprint density at radius 2 is 1.46 bits per heavy atom. The van der Waals surface area contributed by atoms with Gasteiger partial charge in [0.15, 0.2) is 0 Å². The molecule has 3 aromatic carbocycles. The van der Waals surface area contributed by atoms with Gasteiger partial charge in [-0.3, -0.25) is 0 Å². The number of hydrogen-bond acceptors (Lipinski definition) is 3. The van der Waals surface area contributed by atoms with Gasteiger partial charge in [-0.25, -0.2) is 9.18 Å². The number of nitrogens with zero attached hydrogens (tertiary/aromatic N) is 1. The molecular weight excluding hydrogens is 441 g/mol. The predicted molar refractivity (Wildman–Crippen MR) is 133 cm³/mol. The summed E-state index contributed by atoms with van der Waals surface area (Å²) in [5.74, 6) is 0.153. The zero-order chi connectivity index (χ0) is 24.5. The van der Waals surface area contributed by atoms with Crippen LogP contribution in [0.15, 0.2) is 84.9 Å². The summed E-state index contributed by atoms with van der Waals surface area (Å²) in [4.78, 5) is 13.4. The molecule has 1 N–H and O–H groups in total. The molecule has 1 heterocycles. The van der Waals surface area contributed by atoms with Crippen molar-refractivity contribution in [2.24, 2.45) is 17.8 Å². The molecule has 2 bridgehead atoms. The highest BCUT2D eigenvalue weighted by Crippen LogP contribution is 2.45. The molecular formula is C30H33FNO3+. The van der Waals surface area contributed by atoms with Gasteiger partial charge in [0.1, 0.15) is 12.4 Å². The molecule has 0 radical (unpaired) electrons. The highest BCUT2D eigenvalue weighted by Gasteiger charge is 2.50. The van der Waals surface area contributed by atoms with Gasteiger partial charge in [0.25, 0.3) is 0 Å². The zero-order valence-corrected chi connectivity index (χ0v) is 20.1. The number of esters is 1. The summed E-state index contributed by atoms with van der Waals surface area (Å²) < 4.78 is 20.4. The summed E-state index contributed by atoms with van der Waals surface area (Å²) in [7, 11) is 2.34. The molecule has 1 saturated heterocycles. The first-order chi connectivity index (χ1) is 16.9. The minimum absolute atomic E-state index is 0.300. The van der Waals surface area contributed by atoms with E-state index in [1.807, 2.05) is 6.07 Å². The number of benzene rings is 3. The first kappa shape index (κ1) is 23.7. The number of piperidine rings is 1. The molecule has 1 aliphatic carbocycles. The van der Waals surface area contributed by atoms with Gasteiger partial charge in [-0.1, -0.05) is 72.8 Å². The summed E-state index contributed by atoms with van der Waals surface area (Å²) in [5.41, 5.74) is 0.0799. The Bertz CT molecular complexity index is 1140. The maximum atomic E-state index is 13.6. The minimum Gasteiger partial charge on any atom is -0.463 e. The van der Waals surface area contributed by atoms with E-state index in [0.717, 1.165) is 37.0 Å². The summed E-state index contributed by atoms with van der Waals surface area (Å²) in [6, 6.07) is 24.8. The van der Waals surface area contributed by atoms with Crippen LogP contribution in [0.2, 0.25) is 0 Å². The molecule has 1 aliphatic heterocycles. The Balaban J connectivity index is 1.30. The number of fused-ring (bicyclic) bond motifs is 2. The van der Waals surface area contributed by atoms with Crippen molar-refractivity contribution in [3.8, 4) is 0 Å². The van der Waals surface area contributed by atoms with Crippen LogP contribution in [0.3, 0.4) is 0 Å². The van der Waals surface area contributed by atoms with Crippen molar-refractivity contribution < 1.29 is 23.5 Å². The molecule has 2 aliphatic rings. The number of carbonyl (C=O) groups is 1. The number of likely N-dealkylation sites (tertiary alicyclic amines) is 1. The summed E-state index contributed by atoms with van der Waals surface area (Å²) in [6.07, 6.45) is 2.30. The molecule has 0 amide bonds. The van der Waals surface area contributed by atoms with Gasteiger partial charge in [-0.15, -0.1) is 0 Å². The van der Waals surface area contributed by atoms with Gasteiger partial charge >= 0.3 is 5.97 Å². The van der Waals surface area contributed by atoms with Gasteiger partial charge in [-0.05, 0) is 36.1 Å². The normalized spacial score (nSPS) is 27.2. The largest absolute Gasteiger partial charge is 0.463 e. The number of quaternary nitrogens is 1. The molecule has 4 nitrogen and oxygen atoms in total. The summed E-state index contributed by atoms with van der Waals surface area (Å²) >= 11 is 0. The van der Waals surface area contributed by atoms with Crippen molar-refractivity contribution in [3.05, 3.63) is 107 Å². The molecule has 5 rings (SSSR count). The Labute approximate surface area is 206 Å². The monoisotopic (exact) mass is 474 g/mol. The van der Waals surface area contributed by atoms with Gasteiger partial charge in [-0.2, -0.15) is 0 Å². The van der Waals surface area contributed by atoms with E-state index in [-0.39, 0.29) is 0 Å². The molecule has 3 aromatic rings. The van der Waals surface area contributed by atoms with E-state index < -0.39 is 17.4 Å². The molecule has 3 unspecified atom stereocenters. The number of halogens is 1. The van der Waals surface area contributed by atoms with E-state index in [0.29, 0.717) is 35.5 Å². The smallest absolute Gasteiger partial charge is 0.347 e. The molecule has 2 fully saturated rings. The van der Waals surface area contributed by atoms with E-state index in [1.54, 1.807) is 24.3 Å². The van der Waals surface area contributed by atoms with Crippen LogP contribution in [0.25, 0.3) is 0 Å². The third kappa shape index (κ3) is 4.75. The van der Waals surface area contributed by atoms with E-state index in [2.05, 4.69) is 37.4 Å². The first-order valence-corrected chi connectivity index (χ1v) is 12.5. The quantitative estimate of drug-likeness (QED) is 0.391. The fraction of sp³-hybridized carbons (Fsp3) is 0.367. The molecule has 0 spiro atoms. The van der Waals surface area contributed by atoms with Gasteiger partial charge in [0.05, 0.1) is 26.7 Å². The van der Waals surface area contributed by atoms with E-state index in [4.69, 9.17) is 4.74 Å². The number of carbonyl (C=O) groups excluding carboxylic acids is 1. The third-order valence-electron chi connectivity index (χ3n) is 8.03. The third-order valence-corrected chi connectivity index (χ3v) is 8.03. The Kier molecular flexibility index (Phi) is 6.47. The van der Waals surface area contributed by atoms with Crippen molar-refractivity contribution in [1.29, 1.82) is 0 Å². The number of aliphatic hydroxyl groups is 1. The standard InChI is InChI=1S/C30H33FNO3/c1-32(18-22-8-4-2-5-9-22)19-23-12-13-24(20-32)28(23)21-35-29(33)30(34,25-10-6-3-7-11-25)26-14-16-27(31)17-15-26/h2-11,14-17,23-24,28,34H,12-13,18-21H2,1H3/q+1. The SMILES string of the molecule is C[N+]1(Cc2ccccc2)CC2CCC(C1)C2COC(=O)C(O)(c1ccccc1)c1ccc(F)cc1. The highest BCUT2D eigenvalue weighted by molar-refractivity contribution is 5.85. The van der Waals surface area contributed by atoms with Crippen molar-refractivity contribution in [1.82, 2.24) is 0 Å². The first-order valence-electron chi connectivity index (χ1n) is 12.5. The second-order valence-electron chi connectivity index (χ2n) is 10.6. The average Bonchev–Trinajstić information content (AvgIpc) is 3.13. The van der Waals surface area contributed by atoms with Crippen molar-refractivity contribution in [3.63, 3.8) is 0 Å². The Morgan fingerprint density at radius 1 is 0.914 bits per heavy atom. The lowest BCUT2D eigenvalue weighted by atomic mass is 9.83. The Hall–Kier alpha value is -3.02. The van der Waals surface area contributed by atoms with E-state index >= 15 is 0 Å². The molecule has 3 atom stereocenters. The van der Waals surface area contributed by atoms with Crippen LogP contribution in [-0.4, -0.2) is 42.3 Å². The lowest BCUT2D eigenvalue weighted by Gasteiger charge is -2.44. The lowest BCUT2D eigenvalue weighted by molar-refractivity contribution is -0.933. The van der Waals surface area contributed by atoms with Crippen LogP contribution in [0.5, 0.6) is 0 Å². The van der Waals surface area contributed by atoms with Crippen molar-refractivity contribution in [2.45, 2.75) is 25.0 Å². The lowest BCUT2D eigenvalue weighted by Crippen LogP contribution is -2.55. The molecule has 5 heteroatoms. The Morgan fingerprint density at radius 3 is 2.06 bits per heavy atom. The maximum Gasteiger partial charge on any atom is 0.347 e. The van der Waals surface area contributed by atoms with Crippen molar-refractivity contribution >= 4 is 5.97 Å². The predicted octanol–water partition coefficient (Wildman–Crippen LogP) is 4.91. The molecule has 1 saturated carbocycles. The topological polar surface area (TPSA) is 46.5 Å². The van der Waals surface area contributed by atoms with Gasteiger partial charge in [0, 0.05) is 23.3 Å². The van der Waals surface area contributed by atoms with Crippen LogP contribution in [0, 0.1) is 23.6 Å². The molecule has 0 aromatic heterocycles. The molecule has 35 heavy (non-hydrogen) atoms. The average molecular weight is 475 g/mol. The van der Waals surface area contributed by atoms with Crippen LogP contribution in [0.1, 0.15) is 29.5 Å². The second kappa shape index (κ2) is 9.56. The summed E-state index contributed by atoms with van der Waals surface area (Å²) in [6.45, 7) is 3.44. The second-order valence-corrected chi connectivity index (χ2v) is 10.6. The van der Waals surface area contributed by atoms with E-state index in [9.17, 15) is 14.3 Å². The highest BCUT2D eigenvalue weighted by atomic mass is 19.1. The minimum atomic E-state index is -1.99. The van der Waals surface area contributed by atoms with Crippen LogP contribution < -0.4 is 0 Å². The fourth-order valence-electron chi connectivity index (χ4n) is 6.38. The fourth-order valence-corrected chi connectivity index (χ4v) is 6.38. The van der Waals surface area contributed by atoms with Gasteiger partial charge < -0.3 is 14.3 Å². The van der Waals surface area contributed by atoms with Crippen LogP contribution in [0.4, 0.5) is 4.39 Å². The van der Waals surface area contributed by atoms with Crippen molar-refractivity contribution in [2.75, 3.05) is 26.7 Å². The number of rotatable bonds is 7. The summed E-state index contributed by atoms with van der Waals surface area (Å²) in [5, 5.41) is 11.6. The van der Waals surface area contributed by atoms with Gasteiger partial charge in [0.2, 0.25) is 5.60 Å². The number of hydrogen-bond donors (Lipinski definition) is 1. The van der Waals surface area contributed by atoms with Crippen LogP contribution >= 0.6 is 0 Å². The molecule has 182 valence electrons. The van der Waals surface area contributed by atoms with E-state index in [1.165, 1.54) is 29.8 Å². The number of ether oxygens (including phenoxy) is 1. The van der Waals surface area contributed by atoms with Crippen LogP contribution in [-0.2, 0) is 21.7 Å². The zero-order valence-electron chi connectivity index (χ0n) is 20.1. The maximum absolute atomic E-state index is 13.6.